The van der Waals surface area contributed by atoms with Crippen LogP contribution in [0.1, 0.15) is 38.8 Å². The molecule has 0 aliphatic rings. The van der Waals surface area contributed by atoms with Gasteiger partial charge in [-0.3, -0.25) is 0 Å². The summed E-state index contributed by atoms with van der Waals surface area (Å²) in [7, 11) is 0. The molecule has 0 bridgehead atoms. The lowest BCUT2D eigenvalue weighted by atomic mass is 10.1. The third-order valence-electron chi connectivity index (χ3n) is 2.16. The zero-order valence-electron chi connectivity index (χ0n) is 11.4. The van der Waals surface area contributed by atoms with Crippen molar-refractivity contribution in [3.63, 3.8) is 0 Å². The number of carbonyl (C=O) groups is 1. The summed E-state index contributed by atoms with van der Waals surface area (Å²) in [5.74, 6) is 0. The van der Waals surface area contributed by atoms with Crippen LogP contribution < -0.4 is 5.43 Å². The summed E-state index contributed by atoms with van der Waals surface area (Å²) in [4.78, 5) is 11.3. The highest BCUT2D eigenvalue weighted by Crippen LogP contribution is 2.06. The van der Waals surface area contributed by atoms with Crippen LogP contribution in [0.25, 0.3) is 0 Å². The van der Waals surface area contributed by atoms with E-state index in [0.717, 1.165) is 12.0 Å². The number of ether oxygens (including phenoxy) is 1. The lowest BCUT2D eigenvalue weighted by molar-refractivity contribution is 0.0529. The van der Waals surface area contributed by atoms with Gasteiger partial charge in [-0.2, -0.15) is 5.10 Å². The van der Waals surface area contributed by atoms with E-state index in [1.807, 2.05) is 24.3 Å². The Hall–Kier alpha value is -1.84. The maximum atomic E-state index is 11.3. The second-order valence-corrected chi connectivity index (χ2v) is 4.97. The summed E-state index contributed by atoms with van der Waals surface area (Å²) in [5.41, 5.74) is 4.02. The first kappa shape index (κ1) is 14.2. The molecule has 18 heavy (non-hydrogen) atoms. The number of amides is 1. The highest BCUT2D eigenvalue weighted by Gasteiger charge is 2.15. The molecule has 1 aromatic rings. The fourth-order valence-electron chi connectivity index (χ4n) is 1.30. The molecule has 4 heteroatoms. The van der Waals surface area contributed by atoms with Gasteiger partial charge in [0.15, 0.2) is 0 Å². The van der Waals surface area contributed by atoms with Crippen LogP contribution in [0.15, 0.2) is 29.4 Å². The summed E-state index contributed by atoms with van der Waals surface area (Å²) in [6, 6.07) is 7.99. The fraction of sp³-hybridized carbons (Fsp3) is 0.429. The van der Waals surface area contributed by atoms with Crippen LogP contribution in [-0.4, -0.2) is 17.9 Å². The number of nitrogens with one attached hydrogen (secondary N) is 1. The molecule has 0 aromatic heterocycles. The van der Waals surface area contributed by atoms with E-state index in [9.17, 15) is 4.79 Å². The molecule has 1 amide bonds. The monoisotopic (exact) mass is 248 g/mol. The topological polar surface area (TPSA) is 50.7 Å². The first-order valence-electron chi connectivity index (χ1n) is 6.01. The molecular formula is C14H20N2O2. The van der Waals surface area contributed by atoms with Gasteiger partial charge in [-0.15, -0.1) is 0 Å². The first-order valence-corrected chi connectivity index (χ1v) is 6.01. The molecule has 0 saturated carbocycles. The average molecular weight is 248 g/mol. The van der Waals surface area contributed by atoms with E-state index in [2.05, 4.69) is 17.5 Å². The summed E-state index contributed by atoms with van der Waals surface area (Å²) < 4.78 is 5.05. The maximum Gasteiger partial charge on any atom is 0.428 e. The second kappa shape index (κ2) is 6.19. The Morgan fingerprint density at radius 3 is 2.44 bits per heavy atom. The Morgan fingerprint density at radius 1 is 1.33 bits per heavy atom. The van der Waals surface area contributed by atoms with Crippen molar-refractivity contribution in [3.05, 3.63) is 35.4 Å². The molecule has 1 rings (SSSR count). The van der Waals surface area contributed by atoms with Crippen molar-refractivity contribution in [1.82, 2.24) is 5.43 Å². The van der Waals surface area contributed by atoms with Gasteiger partial charge in [0.2, 0.25) is 0 Å². The molecule has 0 spiro atoms. The molecule has 1 aromatic carbocycles. The van der Waals surface area contributed by atoms with Crippen LogP contribution in [0.2, 0.25) is 0 Å². The molecular weight excluding hydrogens is 228 g/mol. The predicted octanol–water partition coefficient (Wildman–Crippen LogP) is 3.11. The van der Waals surface area contributed by atoms with Crippen LogP contribution in [-0.2, 0) is 11.2 Å². The quantitative estimate of drug-likeness (QED) is 0.660. The zero-order chi connectivity index (χ0) is 13.6. The highest BCUT2D eigenvalue weighted by atomic mass is 16.6. The third-order valence-corrected chi connectivity index (χ3v) is 2.16. The van der Waals surface area contributed by atoms with E-state index in [-0.39, 0.29) is 0 Å². The summed E-state index contributed by atoms with van der Waals surface area (Å²) in [5, 5.41) is 3.83. The van der Waals surface area contributed by atoms with E-state index in [0.29, 0.717) is 0 Å². The highest BCUT2D eigenvalue weighted by molar-refractivity contribution is 5.80. The number of carbonyl (C=O) groups excluding carboxylic acids is 1. The van der Waals surface area contributed by atoms with E-state index in [1.54, 1.807) is 27.0 Å². The molecule has 0 heterocycles. The molecule has 0 saturated heterocycles. The van der Waals surface area contributed by atoms with E-state index in [1.165, 1.54) is 5.56 Å². The van der Waals surface area contributed by atoms with Crippen molar-refractivity contribution in [3.8, 4) is 0 Å². The largest absolute Gasteiger partial charge is 0.443 e. The predicted molar refractivity (Wildman–Crippen MR) is 72.8 cm³/mol. The summed E-state index contributed by atoms with van der Waals surface area (Å²) in [6.07, 6.45) is 2.04. The number of aryl methyl sites for hydroxylation is 1. The van der Waals surface area contributed by atoms with Crippen molar-refractivity contribution < 1.29 is 9.53 Å². The SMILES string of the molecule is CCc1ccc(C=NNC(=O)OC(C)(C)C)cc1. The van der Waals surface area contributed by atoms with Gasteiger partial charge in [0, 0.05) is 0 Å². The van der Waals surface area contributed by atoms with Gasteiger partial charge < -0.3 is 4.74 Å². The van der Waals surface area contributed by atoms with Crippen LogP contribution in [0.4, 0.5) is 4.79 Å². The normalized spacial score (nSPS) is 11.6. The molecule has 98 valence electrons. The minimum atomic E-state index is -0.552. The molecule has 0 aliphatic heterocycles. The molecule has 4 nitrogen and oxygen atoms in total. The van der Waals surface area contributed by atoms with Crippen LogP contribution in [0.3, 0.4) is 0 Å². The van der Waals surface area contributed by atoms with Crippen LogP contribution >= 0.6 is 0 Å². The summed E-state index contributed by atoms with van der Waals surface area (Å²) >= 11 is 0. The Morgan fingerprint density at radius 2 is 1.94 bits per heavy atom. The Labute approximate surface area is 108 Å². The lowest BCUT2D eigenvalue weighted by Crippen LogP contribution is -2.29. The van der Waals surface area contributed by atoms with Crippen molar-refractivity contribution in [1.29, 1.82) is 0 Å². The number of hydrogen-bond donors (Lipinski definition) is 1. The van der Waals surface area contributed by atoms with Crippen molar-refractivity contribution >= 4 is 12.3 Å². The van der Waals surface area contributed by atoms with Crippen molar-refractivity contribution in [2.45, 2.75) is 39.7 Å². The second-order valence-electron chi connectivity index (χ2n) is 4.97. The Bertz CT molecular complexity index is 416. The minimum absolute atomic E-state index is 0.512. The minimum Gasteiger partial charge on any atom is -0.443 e. The number of hydrazone groups is 1. The smallest absolute Gasteiger partial charge is 0.428 e. The first-order chi connectivity index (χ1) is 8.40. The summed E-state index contributed by atoms with van der Waals surface area (Å²) in [6.45, 7) is 7.52. The van der Waals surface area contributed by atoms with Crippen LogP contribution in [0.5, 0.6) is 0 Å². The number of nitrogens with zero attached hydrogens (tertiary/aromatic N) is 1. The van der Waals surface area contributed by atoms with Gasteiger partial charge in [0.1, 0.15) is 5.60 Å². The van der Waals surface area contributed by atoms with E-state index >= 15 is 0 Å². The van der Waals surface area contributed by atoms with Gasteiger partial charge in [-0.1, -0.05) is 31.2 Å². The van der Waals surface area contributed by atoms with Gasteiger partial charge in [-0.05, 0) is 38.3 Å². The van der Waals surface area contributed by atoms with Gasteiger partial charge in [0.25, 0.3) is 0 Å². The number of benzene rings is 1. The van der Waals surface area contributed by atoms with Gasteiger partial charge >= 0.3 is 6.09 Å². The Balaban J connectivity index is 2.47. The molecule has 1 N–H and O–H groups in total. The maximum absolute atomic E-state index is 11.3. The van der Waals surface area contributed by atoms with E-state index < -0.39 is 11.7 Å². The molecule has 0 fully saturated rings. The van der Waals surface area contributed by atoms with Gasteiger partial charge in [0.05, 0.1) is 6.21 Å². The van der Waals surface area contributed by atoms with Crippen LogP contribution in [0, 0.1) is 0 Å². The standard InChI is InChI=1S/C14H20N2O2/c1-5-11-6-8-12(9-7-11)10-15-16-13(17)18-14(2,3)4/h6-10H,5H2,1-4H3,(H,16,17). The zero-order valence-corrected chi connectivity index (χ0v) is 11.4. The fourth-order valence-corrected chi connectivity index (χ4v) is 1.30. The van der Waals surface area contributed by atoms with E-state index in [4.69, 9.17) is 4.74 Å². The molecule has 0 radical (unpaired) electrons. The molecule has 0 aliphatic carbocycles. The van der Waals surface area contributed by atoms with Gasteiger partial charge in [-0.25, -0.2) is 10.2 Å². The van der Waals surface area contributed by atoms with Crippen molar-refractivity contribution in [2.24, 2.45) is 5.10 Å². The number of hydrogen-bond acceptors (Lipinski definition) is 3. The average Bonchev–Trinajstić information content (AvgIpc) is 2.27. The molecule has 0 atom stereocenters. The Kier molecular flexibility index (Phi) is 4.89. The third kappa shape index (κ3) is 5.48. The molecule has 0 unspecified atom stereocenters. The number of rotatable bonds is 3. The lowest BCUT2D eigenvalue weighted by Gasteiger charge is -2.18. The van der Waals surface area contributed by atoms with Crippen molar-refractivity contribution in [2.75, 3.05) is 0 Å².